The highest BCUT2D eigenvalue weighted by molar-refractivity contribution is 6.39. The minimum Gasteiger partial charge on any atom is -0.386 e. The first-order chi connectivity index (χ1) is 18.5. The Hall–Kier alpha value is -3.92. The van der Waals surface area contributed by atoms with Gasteiger partial charge in [0.2, 0.25) is 0 Å². The van der Waals surface area contributed by atoms with Crippen molar-refractivity contribution in [1.82, 2.24) is 19.9 Å². The predicted molar refractivity (Wildman–Crippen MR) is 153 cm³/mol. The van der Waals surface area contributed by atoms with Crippen molar-refractivity contribution in [2.24, 2.45) is 0 Å². The molecular weight excluding hydrogens is 541 g/mol. The van der Waals surface area contributed by atoms with Crippen molar-refractivity contribution < 1.29 is 14.7 Å². The van der Waals surface area contributed by atoms with Gasteiger partial charge in [-0.15, -0.1) is 5.10 Å². The second-order valence-electron chi connectivity index (χ2n) is 9.63. The van der Waals surface area contributed by atoms with Gasteiger partial charge in [-0.25, -0.2) is 9.78 Å². The van der Waals surface area contributed by atoms with Gasteiger partial charge in [-0.2, -0.15) is 0 Å². The molecule has 39 heavy (non-hydrogen) atoms. The number of nitrogens with one attached hydrogen (secondary N) is 2. The second-order valence-corrected chi connectivity index (χ2v) is 10.4. The molecule has 5 rings (SSSR count). The molecular formula is C28H25Cl2N5O4. The van der Waals surface area contributed by atoms with E-state index >= 15 is 0 Å². The fraction of sp³-hybridized carbons (Fsp3) is 0.214. The lowest BCUT2D eigenvalue weighted by Crippen LogP contribution is -2.19. The molecule has 0 spiro atoms. The Balaban J connectivity index is 1.59. The number of benzene rings is 2. The molecule has 0 aliphatic rings. The Kier molecular flexibility index (Phi) is 7.07. The van der Waals surface area contributed by atoms with Crippen LogP contribution in [0.25, 0.3) is 32.8 Å². The number of hydrogen-bond donors (Lipinski definition) is 3. The van der Waals surface area contributed by atoms with Crippen molar-refractivity contribution in [3.8, 4) is 11.1 Å². The molecule has 0 aliphatic carbocycles. The zero-order chi connectivity index (χ0) is 27.9. The van der Waals surface area contributed by atoms with Gasteiger partial charge in [0, 0.05) is 29.0 Å². The minimum atomic E-state index is -1.13. The Morgan fingerprint density at radius 3 is 2.56 bits per heavy atom. The zero-order valence-corrected chi connectivity index (χ0v) is 22.9. The quantitative estimate of drug-likeness (QED) is 0.208. The monoisotopic (exact) mass is 565 g/mol. The molecule has 0 aliphatic heterocycles. The average Bonchev–Trinajstić information content (AvgIpc) is 3.33. The van der Waals surface area contributed by atoms with E-state index in [4.69, 9.17) is 33.0 Å². The molecule has 0 saturated carbocycles. The number of H-pyrrole nitrogens is 1. The third-order valence-electron chi connectivity index (χ3n) is 6.25. The van der Waals surface area contributed by atoms with Gasteiger partial charge in [0.15, 0.2) is 0 Å². The number of carbonyl (C=O) groups is 1. The van der Waals surface area contributed by atoms with E-state index in [0.29, 0.717) is 67.2 Å². The molecule has 0 fully saturated rings. The van der Waals surface area contributed by atoms with Crippen molar-refractivity contribution in [2.45, 2.75) is 39.2 Å². The Morgan fingerprint density at radius 1 is 1.13 bits per heavy atom. The number of aromatic amines is 1. The van der Waals surface area contributed by atoms with Crippen molar-refractivity contribution >= 4 is 62.4 Å². The molecule has 0 radical (unpaired) electrons. The van der Waals surface area contributed by atoms with Gasteiger partial charge in [-0.05, 0) is 61.7 Å². The Labute approximate surface area is 233 Å². The van der Waals surface area contributed by atoms with Crippen molar-refractivity contribution in [2.75, 3.05) is 5.32 Å². The third-order valence-corrected chi connectivity index (χ3v) is 6.85. The van der Waals surface area contributed by atoms with Crippen LogP contribution in [0.1, 0.15) is 39.2 Å². The summed E-state index contributed by atoms with van der Waals surface area (Å²) in [6, 6.07) is 10.5. The molecule has 3 aromatic heterocycles. The van der Waals surface area contributed by atoms with E-state index in [1.54, 1.807) is 56.7 Å². The summed E-state index contributed by atoms with van der Waals surface area (Å²) < 4.78 is 0. The van der Waals surface area contributed by atoms with Crippen LogP contribution >= 0.6 is 23.2 Å². The highest BCUT2D eigenvalue weighted by atomic mass is 35.5. The second kappa shape index (κ2) is 10.3. The lowest BCUT2D eigenvalue weighted by atomic mass is 9.98. The molecule has 3 N–H and O–H groups in total. The summed E-state index contributed by atoms with van der Waals surface area (Å²) in [5, 5.41) is 19.9. The SMILES string of the molecule is CCCC(=O)On1cc(-c2ccc3nc(Nc4c(Cl)cc(C(C)(C)O)cc4Cl)c4cc[nH]c(=O)c4c3c2)cn1. The Morgan fingerprint density at radius 2 is 1.87 bits per heavy atom. The van der Waals surface area contributed by atoms with E-state index in [2.05, 4.69) is 15.4 Å². The number of pyridine rings is 2. The van der Waals surface area contributed by atoms with E-state index in [1.807, 2.05) is 19.1 Å². The summed E-state index contributed by atoms with van der Waals surface area (Å²) in [4.78, 5) is 38.7. The molecule has 0 saturated heterocycles. The third kappa shape index (κ3) is 5.34. The van der Waals surface area contributed by atoms with Gasteiger partial charge in [-0.1, -0.05) is 41.0 Å². The maximum Gasteiger partial charge on any atom is 0.334 e. The van der Waals surface area contributed by atoms with Crippen LogP contribution in [-0.2, 0) is 10.4 Å². The van der Waals surface area contributed by atoms with Gasteiger partial charge in [0.25, 0.3) is 5.56 Å². The minimum absolute atomic E-state index is 0.293. The smallest absolute Gasteiger partial charge is 0.334 e. The van der Waals surface area contributed by atoms with Crippen LogP contribution in [-0.4, -0.2) is 31.0 Å². The maximum atomic E-state index is 13.1. The first-order valence-corrected chi connectivity index (χ1v) is 13.0. The summed E-state index contributed by atoms with van der Waals surface area (Å²) in [5.74, 6) is 0.0224. The van der Waals surface area contributed by atoms with E-state index in [0.717, 1.165) is 10.4 Å². The van der Waals surface area contributed by atoms with Crippen LogP contribution in [0.5, 0.6) is 0 Å². The number of nitrogens with zero attached hydrogens (tertiary/aromatic N) is 3. The van der Waals surface area contributed by atoms with Crippen molar-refractivity contribution in [3.05, 3.63) is 81.0 Å². The highest BCUT2D eigenvalue weighted by Gasteiger charge is 2.21. The van der Waals surface area contributed by atoms with E-state index in [1.165, 1.54) is 0 Å². The van der Waals surface area contributed by atoms with E-state index in [-0.39, 0.29) is 11.5 Å². The summed E-state index contributed by atoms with van der Waals surface area (Å²) >= 11 is 13.1. The topological polar surface area (TPSA) is 122 Å². The summed E-state index contributed by atoms with van der Waals surface area (Å²) in [7, 11) is 0. The van der Waals surface area contributed by atoms with Crippen molar-refractivity contribution in [3.63, 3.8) is 0 Å². The number of aromatic nitrogens is 4. The summed E-state index contributed by atoms with van der Waals surface area (Å²) in [6.45, 7) is 5.18. The number of anilines is 2. The average molecular weight is 566 g/mol. The summed E-state index contributed by atoms with van der Waals surface area (Å²) in [6.07, 6.45) is 5.70. The standard InChI is InChI=1S/C28H25Cl2N5O4/c1-4-5-23(36)39-35-14-16(13-32-35)15-6-7-22-19(10-15)24-18(8-9-31-27(24)37)26(33-22)34-25-20(29)11-17(12-21(25)30)28(2,3)38/h6-14,38H,4-5H2,1-3H3,(H,31,37)(H,33,34). The lowest BCUT2D eigenvalue weighted by Gasteiger charge is -2.20. The van der Waals surface area contributed by atoms with Gasteiger partial charge in [-0.3, -0.25) is 4.79 Å². The van der Waals surface area contributed by atoms with Crippen LogP contribution in [0.2, 0.25) is 10.0 Å². The highest BCUT2D eigenvalue weighted by Crippen LogP contribution is 2.39. The largest absolute Gasteiger partial charge is 0.386 e. The normalized spacial score (nSPS) is 11.7. The molecule has 0 amide bonds. The molecule has 200 valence electrons. The number of carbonyl (C=O) groups excluding carboxylic acids is 1. The fourth-order valence-corrected chi connectivity index (χ4v) is 4.84. The molecule has 0 atom stereocenters. The number of aliphatic hydroxyl groups is 1. The molecule has 11 heteroatoms. The van der Waals surface area contributed by atoms with Gasteiger partial charge >= 0.3 is 5.97 Å². The van der Waals surface area contributed by atoms with Gasteiger partial charge in [0.05, 0.1) is 44.6 Å². The van der Waals surface area contributed by atoms with Crippen LogP contribution in [0, 0.1) is 0 Å². The molecule has 3 heterocycles. The molecule has 9 nitrogen and oxygen atoms in total. The van der Waals surface area contributed by atoms with Crippen LogP contribution < -0.4 is 15.7 Å². The first kappa shape index (κ1) is 26.7. The van der Waals surface area contributed by atoms with Crippen LogP contribution in [0.15, 0.2) is 59.8 Å². The zero-order valence-electron chi connectivity index (χ0n) is 21.4. The number of fused-ring (bicyclic) bond motifs is 3. The van der Waals surface area contributed by atoms with E-state index < -0.39 is 5.60 Å². The predicted octanol–water partition coefficient (Wildman–Crippen LogP) is 5.97. The van der Waals surface area contributed by atoms with Crippen LogP contribution in [0.4, 0.5) is 11.5 Å². The van der Waals surface area contributed by atoms with Crippen LogP contribution in [0.3, 0.4) is 0 Å². The lowest BCUT2D eigenvalue weighted by molar-refractivity contribution is -0.145. The Bertz CT molecular complexity index is 1770. The van der Waals surface area contributed by atoms with E-state index in [9.17, 15) is 14.7 Å². The molecule has 2 aromatic carbocycles. The number of halogens is 2. The number of hydrogen-bond acceptors (Lipinski definition) is 7. The molecule has 0 unspecified atom stereocenters. The van der Waals surface area contributed by atoms with Crippen molar-refractivity contribution in [1.29, 1.82) is 0 Å². The number of rotatable bonds is 7. The van der Waals surface area contributed by atoms with Gasteiger partial charge in [0.1, 0.15) is 5.82 Å². The molecule has 5 aromatic rings. The fourth-order valence-electron chi connectivity index (χ4n) is 4.25. The molecule has 0 bridgehead atoms. The maximum absolute atomic E-state index is 13.1. The first-order valence-electron chi connectivity index (χ1n) is 12.3. The van der Waals surface area contributed by atoms with Gasteiger partial charge < -0.3 is 20.2 Å². The summed E-state index contributed by atoms with van der Waals surface area (Å²) in [5.41, 5.74) is 1.58.